The molecule has 140 valence electrons. The van der Waals surface area contributed by atoms with Crippen LogP contribution in [-0.4, -0.2) is 34.0 Å². The lowest BCUT2D eigenvalue weighted by molar-refractivity contribution is 0.0954. The first-order valence-electron chi connectivity index (χ1n) is 8.90. The van der Waals surface area contributed by atoms with Crippen LogP contribution >= 0.6 is 11.6 Å². The number of H-pyrrole nitrogens is 1. The van der Waals surface area contributed by atoms with Gasteiger partial charge in [-0.1, -0.05) is 17.7 Å². The first-order valence-corrected chi connectivity index (χ1v) is 9.28. The number of hydrogen-bond donors (Lipinski definition) is 2. The molecule has 2 aromatic heterocycles. The molecule has 1 aromatic carbocycles. The number of nitrogens with one attached hydrogen (secondary N) is 2. The van der Waals surface area contributed by atoms with Crippen molar-refractivity contribution in [3.63, 3.8) is 0 Å². The lowest BCUT2D eigenvalue weighted by Crippen LogP contribution is -2.31. The highest BCUT2D eigenvalue weighted by Gasteiger charge is 2.23. The van der Waals surface area contributed by atoms with Gasteiger partial charge in [0.15, 0.2) is 5.43 Å². The van der Waals surface area contributed by atoms with Crippen LogP contribution in [0.5, 0.6) is 0 Å². The monoisotopic (exact) mass is 384 g/mol. The molecule has 0 atom stereocenters. The molecule has 0 saturated carbocycles. The van der Waals surface area contributed by atoms with Gasteiger partial charge in [0.25, 0.3) is 5.91 Å². The lowest BCUT2D eigenvalue weighted by Gasteiger charge is -2.27. The average Bonchev–Trinajstić information content (AvgIpc) is 2.98. The third-order valence-electron chi connectivity index (χ3n) is 5.24. The number of aromatic nitrogens is 2. The van der Waals surface area contributed by atoms with Crippen molar-refractivity contribution >= 4 is 28.4 Å². The molecule has 1 aliphatic heterocycles. The first-order chi connectivity index (χ1) is 13.0. The molecule has 2 N–H and O–H groups in total. The summed E-state index contributed by atoms with van der Waals surface area (Å²) >= 11 is 6.25. The van der Waals surface area contributed by atoms with Gasteiger partial charge in [-0.3, -0.25) is 14.5 Å². The van der Waals surface area contributed by atoms with Crippen molar-refractivity contribution in [1.82, 2.24) is 19.8 Å². The van der Waals surface area contributed by atoms with Crippen molar-refractivity contribution in [3.8, 4) is 0 Å². The highest BCUT2D eigenvalue weighted by atomic mass is 35.5. The van der Waals surface area contributed by atoms with Crippen molar-refractivity contribution in [2.24, 2.45) is 7.05 Å². The van der Waals surface area contributed by atoms with E-state index in [0.29, 0.717) is 28.2 Å². The number of fused-ring (bicyclic) bond motifs is 2. The summed E-state index contributed by atoms with van der Waals surface area (Å²) in [4.78, 5) is 30.0. The number of carbonyl (C=O) groups is 1. The van der Waals surface area contributed by atoms with E-state index < -0.39 is 0 Å². The number of para-hydroxylation sites is 1. The molecular formula is C20H21ClN4O2. The minimum atomic E-state index is -0.0769. The fraction of sp³-hybridized carbons (Fsp3) is 0.300. The van der Waals surface area contributed by atoms with Gasteiger partial charge in [0.05, 0.1) is 10.5 Å². The van der Waals surface area contributed by atoms with E-state index in [1.807, 2.05) is 17.7 Å². The van der Waals surface area contributed by atoms with E-state index >= 15 is 0 Å². The zero-order valence-electron chi connectivity index (χ0n) is 15.3. The van der Waals surface area contributed by atoms with Crippen molar-refractivity contribution < 1.29 is 4.79 Å². The Morgan fingerprint density at radius 3 is 2.93 bits per heavy atom. The number of benzene rings is 1. The van der Waals surface area contributed by atoms with Gasteiger partial charge in [0.2, 0.25) is 0 Å². The summed E-state index contributed by atoms with van der Waals surface area (Å²) < 4.78 is 1.96. The predicted molar refractivity (Wildman–Crippen MR) is 106 cm³/mol. The quantitative estimate of drug-likeness (QED) is 0.728. The Labute approximate surface area is 161 Å². The molecule has 4 rings (SSSR count). The second-order valence-corrected chi connectivity index (χ2v) is 7.33. The Kier molecular flexibility index (Phi) is 4.53. The van der Waals surface area contributed by atoms with Gasteiger partial charge in [-0.2, -0.15) is 0 Å². The summed E-state index contributed by atoms with van der Waals surface area (Å²) in [6.45, 7) is 2.22. The van der Waals surface area contributed by atoms with Crippen LogP contribution in [-0.2, 0) is 26.6 Å². The number of amides is 1. The molecule has 0 unspecified atom stereocenters. The summed E-state index contributed by atoms with van der Waals surface area (Å²) in [6.07, 6.45) is 0.874. The molecule has 0 fully saturated rings. The van der Waals surface area contributed by atoms with Crippen molar-refractivity contribution in [2.75, 3.05) is 13.6 Å². The third-order valence-corrected chi connectivity index (χ3v) is 5.56. The molecule has 7 heteroatoms. The normalized spacial score (nSPS) is 14.3. The van der Waals surface area contributed by atoms with E-state index in [2.05, 4.69) is 15.2 Å². The average molecular weight is 385 g/mol. The number of rotatable bonds is 3. The van der Waals surface area contributed by atoms with Gasteiger partial charge in [0.1, 0.15) is 5.69 Å². The molecule has 1 aliphatic rings. The smallest absolute Gasteiger partial charge is 0.267 e. The molecule has 6 nitrogen and oxygen atoms in total. The molecule has 1 amide bonds. The third kappa shape index (κ3) is 3.15. The second kappa shape index (κ2) is 6.87. The van der Waals surface area contributed by atoms with Crippen molar-refractivity contribution in [2.45, 2.75) is 19.5 Å². The minimum Gasteiger partial charge on any atom is -0.356 e. The zero-order valence-corrected chi connectivity index (χ0v) is 16.1. The predicted octanol–water partition coefficient (Wildman–Crippen LogP) is 2.44. The van der Waals surface area contributed by atoms with Gasteiger partial charge < -0.3 is 14.9 Å². The number of aromatic amines is 1. The number of hydrogen-bond acceptors (Lipinski definition) is 3. The summed E-state index contributed by atoms with van der Waals surface area (Å²) in [6, 6.07) is 8.96. The van der Waals surface area contributed by atoms with Gasteiger partial charge in [-0.05, 0) is 30.2 Å². The highest BCUT2D eigenvalue weighted by Crippen LogP contribution is 2.24. The van der Waals surface area contributed by atoms with Crippen LogP contribution in [0.15, 0.2) is 35.1 Å². The molecule has 0 aliphatic carbocycles. The topological polar surface area (TPSA) is 70.1 Å². The summed E-state index contributed by atoms with van der Waals surface area (Å²) in [5.74, 6) is -0.0769. The van der Waals surface area contributed by atoms with E-state index in [1.165, 1.54) is 5.56 Å². The maximum Gasteiger partial charge on any atom is 0.267 e. The largest absolute Gasteiger partial charge is 0.356 e. The van der Waals surface area contributed by atoms with E-state index in [1.54, 1.807) is 31.3 Å². The Balaban J connectivity index is 1.61. The van der Waals surface area contributed by atoms with Crippen molar-refractivity contribution in [3.05, 3.63) is 68.2 Å². The number of nitrogens with zero attached hydrogens (tertiary/aromatic N) is 2. The molecule has 27 heavy (non-hydrogen) atoms. The molecular weight excluding hydrogens is 364 g/mol. The van der Waals surface area contributed by atoms with E-state index in [4.69, 9.17) is 11.6 Å². The fourth-order valence-electron chi connectivity index (χ4n) is 3.80. The lowest BCUT2D eigenvalue weighted by atomic mass is 10.1. The van der Waals surface area contributed by atoms with Crippen LogP contribution < -0.4 is 10.7 Å². The van der Waals surface area contributed by atoms with Crippen LogP contribution in [0.25, 0.3) is 10.9 Å². The highest BCUT2D eigenvalue weighted by molar-refractivity contribution is 6.35. The Hall–Kier alpha value is -2.57. The van der Waals surface area contributed by atoms with Crippen LogP contribution in [0.1, 0.15) is 27.4 Å². The number of pyridine rings is 1. The second-order valence-electron chi connectivity index (χ2n) is 6.92. The van der Waals surface area contributed by atoms with E-state index in [-0.39, 0.29) is 11.3 Å². The van der Waals surface area contributed by atoms with Gasteiger partial charge >= 0.3 is 0 Å². The van der Waals surface area contributed by atoms with Crippen LogP contribution in [0.3, 0.4) is 0 Å². The van der Waals surface area contributed by atoms with Crippen molar-refractivity contribution in [1.29, 1.82) is 0 Å². The maximum atomic E-state index is 12.4. The van der Waals surface area contributed by atoms with Crippen LogP contribution in [0.2, 0.25) is 5.02 Å². The summed E-state index contributed by atoms with van der Waals surface area (Å²) in [7, 11) is 3.56. The van der Waals surface area contributed by atoms with Crippen LogP contribution in [0, 0.1) is 0 Å². The molecule has 0 bridgehead atoms. The Bertz CT molecular complexity index is 1100. The maximum absolute atomic E-state index is 12.4. The summed E-state index contributed by atoms with van der Waals surface area (Å²) in [5.41, 5.74) is 4.52. The fourth-order valence-corrected chi connectivity index (χ4v) is 4.02. The Morgan fingerprint density at radius 1 is 1.33 bits per heavy atom. The minimum absolute atomic E-state index is 0.0280. The molecule has 0 radical (unpaired) electrons. The molecule has 0 saturated heterocycles. The SMILES string of the molecule is CNC(=O)c1cc2c(n1C)CN(Cc1cc(=O)c3cccc(Cl)c3[nH]1)CC2. The first kappa shape index (κ1) is 17.8. The van der Waals surface area contributed by atoms with E-state index in [9.17, 15) is 9.59 Å². The van der Waals surface area contributed by atoms with Crippen LogP contribution in [0.4, 0.5) is 0 Å². The summed E-state index contributed by atoms with van der Waals surface area (Å²) in [5, 5.41) is 3.83. The number of halogens is 1. The van der Waals surface area contributed by atoms with Gasteiger partial charge in [-0.15, -0.1) is 0 Å². The standard InChI is InChI=1S/C20H21ClN4O2/c1-22-20(27)16-8-12-6-7-25(11-17(12)24(16)2)10-13-9-18(26)14-4-3-5-15(21)19(14)23-13/h3-5,8-9H,6-7,10-11H2,1-2H3,(H,22,27)(H,23,26). The molecule has 3 aromatic rings. The zero-order chi connectivity index (χ0) is 19.1. The van der Waals surface area contributed by atoms with Gasteiger partial charge in [-0.25, -0.2) is 0 Å². The molecule has 0 spiro atoms. The van der Waals surface area contributed by atoms with Gasteiger partial charge in [0, 0.05) is 56.6 Å². The van der Waals surface area contributed by atoms with E-state index in [0.717, 1.165) is 30.9 Å². The Morgan fingerprint density at radius 2 is 2.15 bits per heavy atom. The number of carbonyl (C=O) groups excluding carboxylic acids is 1. The molecule has 3 heterocycles.